The SMILES string of the molecule is O=C(CCCCCC[C@@H]1[C@@H](CCC(O)CNc2ccccc2F)[C@H](O)C[C@@H]1O)NS(=O)(=O)c1ccccc1. The zero-order valence-corrected chi connectivity index (χ0v) is 22.3. The third kappa shape index (κ3) is 9.04. The number of anilines is 1. The Labute approximate surface area is 224 Å². The van der Waals surface area contributed by atoms with E-state index in [9.17, 15) is 32.9 Å². The highest BCUT2D eigenvalue weighted by Gasteiger charge is 2.40. The first-order chi connectivity index (χ1) is 18.2. The number of nitrogens with one attached hydrogen (secondary N) is 2. The van der Waals surface area contributed by atoms with E-state index in [2.05, 4.69) is 10.0 Å². The third-order valence-electron chi connectivity index (χ3n) is 7.25. The van der Waals surface area contributed by atoms with Crippen LogP contribution in [-0.2, 0) is 14.8 Å². The molecule has 0 bridgehead atoms. The van der Waals surface area contributed by atoms with Crippen LogP contribution in [0.1, 0.15) is 57.8 Å². The summed E-state index contributed by atoms with van der Waals surface area (Å²) in [7, 11) is -3.86. The molecule has 5 atom stereocenters. The Morgan fingerprint density at radius 2 is 1.55 bits per heavy atom. The predicted octanol–water partition coefficient (Wildman–Crippen LogP) is 3.58. The second-order valence-electron chi connectivity index (χ2n) is 10.1. The minimum Gasteiger partial charge on any atom is -0.393 e. The molecule has 210 valence electrons. The number of carbonyl (C=O) groups is 1. The summed E-state index contributed by atoms with van der Waals surface area (Å²) >= 11 is 0. The second kappa shape index (κ2) is 14.6. The second-order valence-corrected chi connectivity index (χ2v) is 11.8. The van der Waals surface area contributed by atoms with Crippen LogP contribution in [0.2, 0.25) is 0 Å². The van der Waals surface area contributed by atoms with Crippen LogP contribution in [0.25, 0.3) is 0 Å². The lowest BCUT2D eigenvalue weighted by Crippen LogP contribution is -2.30. The minimum absolute atomic E-state index is 0.0501. The van der Waals surface area contributed by atoms with Gasteiger partial charge in [0.1, 0.15) is 5.82 Å². The van der Waals surface area contributed by atoms with Gasteiger partial charge in [-0.1, -0.05) is 49.6 Å². The van der Waals surface area contributed by atoms with Crippen LogP contribution < -0.4 is 10.0 Å². The van der Waals surface area contributed by atoms with Gasteiger partial charge in [-0.05, 0) is 68.2 Å². The van der Waals surface area contributed by atoms with Crippen molar-refractivity contribution in [2.45, 2.75) is 81.0 Å². The third-order valence-corrected chi connectivity index (χ3v) is 8.64. The molecule has 1 unspecified atom stereocenters. The molecule has 0 aromatic heterocycles. The van der Waals surface area contributed by atoms with Crippen molar-refractivity contribution in [2.75, 3.05) is 11.9 Å². The van der Waals surface area contributed by atoms with Gasteiger partial charge in [-0.2, -0.15) is 0 Å². The van der Waals surface area contributed by atoms with E-state index in [-0.39, 0.29) is 35.5 Å². The molecule has 0 heterocycles. The lowest BCUT2D eigenvalue weighted by molar-refractivity contribution is -0.119. The van der Waals surface area contributed by atoms with Crippen molar-refractivity contribution in [2.24, 2.45) is 11.8 Å². The van der Waals surface area contributed by atoms with Gasteiger partial charge in [0.2, 0.25) is 5.91 Å². The summed E-state index contributed by atoms with van der Waals surface area (Å²) in [5.74, 6) is -1.11. The normalized spacial score (nSPS) is 22.2. The summed E-state index contributed by atoms with van der Waals surface area (Å²) in [6.45, 7) is 0.192. The molecular weight excluding hydrogens is 511 g/mol. The Kier molecular flexibility index (Phi) is 11.5. The number of unbranched alkanes of at least 4 members (excludes halogenated alkanes) is 3. The van der Waals surface area contributed by atoms with Crippen molar-refractivity contribution in [3.8, 4) is 0 Å². The Morgan fingerprint density at radius 1 is 0.921 bits per heavy atom. The molecule has 0 spiro atoms. The van der Waals surface area contributed by atoms with E-state index < -0.39 is 34.2 Å². The van der Waals surface area contributed by atoms with E-state index in [0.29, 0.717) is 31.4 Å². The summed E-state index contributed by atoms with van der Waals surface area (Å²) in [6.07, 6.45) is 3.12. The predicted molar refractivity (Wildman–Crippen MR) is 143 cm³/mol. The van der Waals surface area contributed by atoms with Crippen LogP contribution in [0.3, 0.4) is 0 Å². The molecule has 3 rings (SSSR count). The summed E-state index contributed by atoms with van der Waals surface area (Å²) < 4.78 is 40.3. The first-order valence-electron chi connectivity index (χ1n) is 13.3. The molecule has 1 aliphatic rings. The van der Waals surface area contributed by atoms with Gasteiger partial charge < -0.3 is 20.6 Å². The molecule has 0 radical (unpaired) electrons. The van der Waals surface area contributed by atoms with Gasteiger partial charge >= 0.3 is 0 Å². The van der Waals surface area contributed by atoms with E-state index in [1.165, 1.54) is 18.2 Å². The number of para-hydroxylation sites is 1. The van der Waals surface area contributed by atoms with Gasteiger partial charge in [0, 0.05) is 13.0 Å². The molecule has 2 aromatic carbocycles. The van der Waals surface area contributed by atoms with Crippen molar-refractivity contribution in [3.05, 3.63) is 60.4 Å². The average Bonchev–Trinajstić information content (AvgIpc) is 3.16. The molecule has 1 amide bonds. The van der Waals surface area contributed by atoms with Crippen molar-refractivity contribution in [3.63, 3.8) is 0 Å². The molecule has 38 heavy (non-hydrogen) atoms. The fourth-order valence-electron chi connectivity index (χ4n) is 5.18. The van der Waals surface area contributed by atoms with Crippen LogP contribution >= 0.6 is 0 Å². The molecule has 1 fully saturated rings. The fraction of sp³-hybridized carbons (Fsp3) is 0.536. The van der Waals surface area contributed by atoms with Crippen LogP contribution in [0.4, 0.5) is 10.1 Å². The highest BCUT2D eigenvalue weighted by atomic mass is 32.2. The quantitative estimate of drug-likeness (QED) is 0.214. The minimum atomic E-state index is -3.86. The van der Waals surface area contributed by atoms with Gasteiger partial charge in [-0.3, -0.25) is 4.79 Å². The van der Waals surface area contributed by atoms with Crippen LogP contribution in [0.15, 0.2) is 59.5 Å². The van der Waals surface area contributed by atoms with Crippen molar-refractivity contribution in [1.82, 2.24) is 4.72 Å². The monoisotopic (exact) mass is 550 g/mol. The number of aliphatic hydroxyl groups excluding tert-OH is 3. The zero-order valence-electron chi connectivity index (χ0n) is 21.5. The number of hydrogen-bond donors (Lipinski definition) is 5. The maximum Gasteiger partial charge on any atom is 0.264 e. The average molecular weight is 551 g/mol. The van der Waals surface area contributed by atoms with Gasteiger partial charge in [0.25, 0.3) is 10.0 Å². The molecule has 1 saturated carbocycles. The highest BCUT2D eigenvalue weighted by molar-refractivity contribution is 7.90. The number of sulfonamides is 1. The Balaban J connectivity index is 1.33. The van der Waals surface area contributed by atoms with E-state index in [0.717, 1.165) is 25.7 Å². The van der Waals surface area contributed by atoms with Crippen LogP contribution in [0, 0.1) is 17.7 Å². The highest BCUT2D eigenvalue weighted by Crippen LogP contribution is 2.39. The van der Waals surface area contributed by atoms with Gasteiger partial charge in [0.15, 0.2) is 0 Å². The number of halogens is 1. The van der Waals surface area contributed by atoms with Crippen molar-refractivity contribution >= 4 is 21.6 Å². The molecular formula is C28H39FN2O6S. The molecule has 10 heteroatoms. The summed E-state index contributed by atoms with van der Waals surface area (Å²) in [6, 6.07) is 14.0. The number of hydrogen-bond acceptors (Lipinski definition) is 7. The van der Waals surface area contributed by atoms with E-state index in [4.69, 9.17) is 0 Å². The number of amides is 1. The summed E-state index contributed by atoms with van der Waals surface area (Å²) in [4.78, 5) is 12.1. The van der Waals surface area contributed by atoms with Gasteiger partial charge in [0.05, 0.1) is 28.9 Å². The van der Waals surface area contributed by atoms with Crippen molar-refractivity contribution in [1.29, 1.82) is 0 Å². The maximum atomic E-state index is 13.7. The molecule has 1 aliphatic carbocycles. The fourth-order valence-corrected chi connectivity index (χ4v) is 6.21. The number of carbonyl (C=O) groups excluding carboxylic acids is 1. The smallest absolute Gasteiger partial charge is 0.264 e. The van der Waals surface area contributed by atoms with E-state index >= 15 is 0 Å². The summed E-state index contributed by atoms with van der Waals surface area (Å²) in [5.41, 5.74) is 0.330. The molecule has 2 aromatic rings. The number of benzene rings is 2. The maximum absolute atomic E-state index is 13.7. The standard InChI is InChI=1S/C28H39FN2O6S/c29-24-13-8-9-14-25(24)30-19-20(32)16-17-23-22(26(33)18-27(23)34)12-6-1-2-7-15-28(35)31-38(36,37)21-10-4-3-5-11-21/h3-5,8-11,13-14,20,22-23,26-27,30,32-34H,1-2,6-7,12,15-19H2,(H,31,35)/t20?,22-,23-,26+,27-/m1/s1. The Hall–Kier alpha value is -2.53. The molecule has 0 aliphatic heterocycles. The molecule has 8 nitrogen and oxygen atoms in total. The van der Waals surface area contributed by atoms with Crippen LogP contribution in [0.5, 0.6) is 0 Å². The Morgan fingerprint density at radius 3 is 2.26 bits per heavy atom. The topological polar surface area (TPSA) is 136 Å². The lowest BCUT2D eigenvalue weighted by Gasteiger charge is -2.25. The van der Waals surface area contributed by atoms with E-state index in [1.807, 2.05) is 0 Å². The lowest BCUT2D eigenvalue weighted by atomic mass is 9.85. The largest absolute Gasteiger partial charge is 0.393 e. The zero-order chi connectivity index (χ0) is 27.5. The molecule has 0 saturated heterocycles. The van der Waals surface area contributed by atoms with E-state index in [1.54, 1.807) is 36.4 Å². The number of aliphatic hydroxyl groups is 3. The van der Waals surface area contributed by atoms with Crippen LogP contribution in [-0.4, -0.2) is 54.5 Å². The first kappa shape index (κ1) is 30.0. The molecule has 5 N–H and O–H groups in total. The summed E-state index contributed by atoms with van der Waals surface area (Å²) in [5, 5.41) is 34.2. The van der Waals surface area contributed by atoms with Gasteiger partial charge in [-0.25, -0.2) is 17.5 Å². The Bertz CT molecular complexity index is 1120. The van der Waals surface area contributed by atoms with Crippen molar-refractivity contribution < 1.29 is 32.9 Å². The number of rotatable bonds is 15. The van der Waals surface area contributed by atoms with Gasteiger partial charge in [-0.15, -0.1) is 0 Å². The first-order valence-corrected chi connectivity index (χ1v) is 14.8.